The van der Waals surface area contributed by atoms with Crippen molar-refractivity contribution in [3.8, 4) is 5.75 Å². The van der Waals surface area contributed by atoms with Crippen LogP contribution in [0.15, 0.2) is 29.4 Å². The summed E-state index contributed by atoms with van der Waals surface area (Å²) in [6.45, 7) is 0. The summed E-state index contributed by atoms with van der Waals surface area (Å²) in [6, 6.07) is 7.12. The number of hydrogen-bond acceptors (Lipinski definition) is 4. The quantitative estimate of drug-likeness (QED) is 0.772. The molecular formula is C10H11N3O2. The van der Waals surface area contributed by atoms with E-state index >= 15 is 0 Å². The zero-order valence-electron chi connectivity index (χ0n) is 8.30. The van der Waals surface area contributed by atoms with Crippen molar-refractivity contribution >= 4 is 17.4 Å². The predicted octanol–water partition coefficient (Wildman–Crippen LogP) is 0.704. The summed E-state index contributed by atoms with van der Waals surface area (Å²) < 4.78 is 5.06. The van der Waals surface area contributed by atoms with Crippen molar-refractivity contribution in [1.29, 1.82) is 0 Å². The molecule has 1 aromatic rings. The van der Waals surface area contributed by atoms with Crippen LogP contribution in [0.25, 0.3) is 0 Å². The summed E-state index contributed by atoms with van der Waals surface area (Å²) >= 11 is 0. The van der Waals surface area contributed by atoms with Gasteiger partial charge in [-0.25, -0.2) is 0 Å². The Balaban J connectivity index is 2.33. The molecule has 1 aliphatic heterocycles. The third-order valence-electron chi connectivity index (χ3n) is 2.09. The fraction of sp³-hybridized carbons (Fsp3) is 0.200. The Morgan fingerprint density at radius 3 is 2.93 bits per heavy atom. The maximum atomic E-state index is 11.5. The van der Waals surface area contributed by atoms with Crippen LogP contribution < -0.4 is 15.5 Å². The number of ether oxygens (including phenoxy) is 1. The molecule has 0 unspecified atom stereocenters. The van der Waals surface area contributed by atoms with Gasteiger partial charge in [-0.2, -0.15) is 10.1 Å². The van der Waals surface area contributed by atoms with Crippen LogP contribution in [-0.2, 0) is 4.79 Å². The first-order valence-corrected chi connectivity index (χ1v) is 4.50. The van der Waals surface area contributed by atoms with Crippen LogP contribution in [0.2, 0.25) is 0 Å². The number of nitrogens with two attached hydrogens (primary N) is 1. The zero-order valence-corrected chi connectivity index (χ0v) is 8.30. The summed E-state index contributed by atoms with van der Waals surface area (Å²) in [6.07, 6.45) is 0.178. The number of hydrazone groups is 1. The number of hydrogen-bond donors (Lipinski definition) is 1. The Morgan fingerprint density at radius 2 is 2.33 bits per heavy atom. The van der Waals surface area contributed by atoms with E-state index in [0.29, 0.717) is 17.3 Å². The average molecular weight is 205 g/mol. The molecule has 1 amide bonds. The summed E-state index contributed by atoms with van der Waals surface area (Å²) in [4.78, 5) is 11.5. The second-order valence-electron chi connectivity index (χ2n) is 3.18. The molecule has 5 nitrogen and oxygen atoms in total. The van der Waals surface area contributed by atoms with Crippen molar-refractivity contribution in [1.82, 2.24) is 0 Å². The normalized spacial score (nSPS) is 15.4. The van der Waals surface area contributed by atoms with Crippen molar-refractivity contribution in [3.05, 3.63) is 24.3 Å². The first-order chi connectivity index (χ1) is 7.20. The van der Waals surface area contributed by atoms with Gasteiger partial charge in [-0.15, -0.1) is 0 Å². The summed E-state index contributed by atoms with van der Waals surface area (Å²) in [7, 11) is 1.57. The van der Waals surface area contributed by atoms with Crippen molar-refractivity contribution in [2.75, 3.05) is 12.1 Å². The van der Waals surface area contributed by atoms with Crippen LogP contribution in [0.1, 0.15) is 6.42 Å². The van der Waals surface area contributed by atoms with Gasteiger partial charge in [-0.05, 0) is 12.1 Å². The minimum Gasteiger partial charge on any atom is -0.497 e. The van der Waals surface area contributed by atoms with Gasteiger partial charge in [-0.3, -0.25) is 4.79 Å². The third-order valence-corrected chi connectivity index (χ3v) is 2.09. The standard InChI is InChI=1S/C10H11N3O2/c1-15-8-4-2-3-7(5-8)13-10(14)6-9(11)12-13/h2-5H,6H2,1H3,(H2,11,12). The second kappa shape index (κ2) is 3.61. The van der Waals surface area contributed by atoms with Gasteiger partial charge in [-0.1, -0.05) is 6.07 Å². The fourth-order valence-electron chi connectivity index (χ4n) is 1.39. The molecular weight excluding hydrogens is 194 g/mol. The number of anilines is 1. The lowest BCUT2D eigenvalue weighted by atomic mass is 10.3. The first-order valence-electron chi connectivity index (χ1n) is 4.50. The highest BCUT2D eigenvalue weighted by atomic mass is 16.5. The third kappa shape index (κ3) is 1.76. The Morgan fingerprint density at radius 1 is 1.53 bits per heavy atom. The molecule has 5 heteroatoms. The van der Waals surface area contributed by atoms with E-state index < -0.39 is 0 Å². The van der Waals surface area contributed by atoms with Gasteiger partial charge in [0.15, 0.2) is 0 Å². The monoisotopic (exact) mass is 205 g/mol. The van der Waals surface area contributed by atoms with Gasteiger partial charge < -0.3 is 10.5 Å². The SMILES string of the molecule is COc1cccc(N2N=C(N)CC2=O)c1. The smallest absolute Gasteiger partial charge is 0.255 e. The van der Waals surface area contributed by atoms with Gasteiger partial charge >= 0.3 is 0 Å². The molecule has 0 bridgehead atoms. The topological polar surface area (TPSA) is 67.9 Å². The number of carbonyl (C=O) groups excluding carboxylic acids is 1. The van der Waals surface area contributed by atoms with E-state index in [1.165, 1.54) is 5.01 Å². The Labute approximate surface area is 87.1 Å². The van der Waals surface area contributed by atoms with E-state index in [0.717, 1.165) is 0 Å². The van der Waals surface area contributed by atoms with Gasteiger partial charge in [0.25, 0.3) is 5.91 Å². The van der Waals surface area contributed by atoms with Crippen LogP contribution in [0.3, 0.4) is 0 Å². The van der Waals surface area contributed by atoms with Crippen LogP contribution in [0.5, 0.6) is 5.75 Å². The maximum Gasteiger partial charge on any atom is 0.255 e. The highest BCUT2D eigenvalue weighted by Crippen LogP contribution is 2.23. The molecule has 0 aromatic heterocycles. The van der Waals surface area contributed by atoms with Crippen molar-refractivity contribution in [2.45, 2.75) is 6.42 Å². The van der Waals surface area contributed by atoms with Crippen LogP contribution in [-0.4, -0.2) is 18.9 Å². The van der Waals surface area contributed by atoms with Crippen LogP contribution in [0, 0.1) is 0 Å². The number of nitrogens with zero attached hydrogens (tertiary/aromatic N) is 2. The minimum absolute atomic E-state index is 0.124. The average Bonchev–Trinajstić information content (AvgIpc) is 2.58. The van der Waals surface area contributed by atoms with E-state index in [9.17, 15) is 4.79 Å². The molecule has 2 rings (SSSR count). The van der Waals surface area contributed by atoms with E-state index in [1.807, 2.05) is 0 Å². The van der Waals surface area contributed by atoms with E-state index in [1.54, 1.807) is 31.4 Å². The van der Waals surface area contributed by atoms with Gasteiger partial charge in [0.05, 0.1) is 19.2 Å². The Hall–Kier alpha value is -2.04. The highest BCUT2D eigenvalue weighted by Gasteiger charge is 2.23. The van der Waals surface area contributed by atoms with Crippen LogP contribution in [0.4, 0.5) is 5.69 Å². The summed E-state index contributed by atoms with van der Waals surface area (Å²) in [5.41, 5.74) is 6.15. The molecule has 0 spiro atoms. The lowest BCUT2D eigenvalue weighted by Crippen LogP contribution is -2.19. The van der Waals surface area contributed by atoms with Crippen molar-refractivity contribution < 1.29 is 9.53 Å². The Bertz CT molecular complexity index is 428. The Kier molecular flexibility index (Phi) is 2.29. The number of rotatable bonds is 2. The highest BCUT2D eigenvalue weighted by molar-refractivity contribution is 6.11. The van der Waals surface area contributed by atoms with E-state index in [2.05, 4.69) is 5.10 Å². The van der Waals surface area contributed by atoms with Gasteiger partial charge in [0.1, 0.15) is 11.6 Å². The molecule has 78 valence electrons. The number of benzene rings is 1. The fourth-order valence-corrected chi connectivity index (χ4v) is 1.39. The van der Waals surface area contributed by atoms with Crippen molar-refractivity contribution in [2.24, 2.45) is 10.8 Å². The largest absolute Gasteiger partial charge is 0.497 e. The lowest BCUT2D eigenvalue weighted by molar-refractivity contribution is -0.116. The molecule has 0 aliphatic carbocycles. The van der Waals surface area contributed by atoms with Gasteiger partial charge in [0.2, 0.25) is 0 Å². The molecule has 0 radical (unpaired) electrons. The maximum absolute atomic E-state index is 11.5. The molecule has 1 heterocycles. The number of carbonyl (C=O) groups is 1. The first kappa shape index (κ1) is 9.51. The van der Waals surface area contributed by atoms with Crippen molar-refractivity contribution in [3.63, 3.8) is 0 Å². The van der Waals surface area contributed by atoms with Crippen LogP contribution >= 0.6 is 0 Å². The number of methoxy groups -OCH3 is 1. The molecule has 0 fully saturated rings. The number of amides is 1. The molecule has 1 aromatic carbocycles. The lowest BCUT2D eigenvalue weighted by Gasteiger charge is -2.12. The van der Waals surface area contributed by atoms with E-state index in [4.69, 9.17) is 10.5 Å². The minimum atomic E-state index is -0.124. The van der Waals surface area contributed by atoms with E-state index in [-0.39, 0.29) is 12.3 Å². The molecule has 15 heavy (non-hydrogen) atoms. The second-order valence-corrected chi connectivity index (χ2v) is 3.18. The van der Waals surface area contributed by atoms with Gasteiger partial charge in [0, 0.05) is 6.07 Å². The molecule has 1 aliphatic rings. The number of amidine groups is 1. The molecule has 0 atom stereocenters. The predicted molar refractivity (Wildman–Crippen MR) is 56.7 cm³/mol. The summed E-state index contributed by atoms with van der Waals surface area (Å²) in [5.74, 6) is 0.893. The zero-order chi connectivity index (χ0) is 10.8. The molecule has 0 saturated carbocycles. The molecule has 0 saturated heterocycles. The molecule has 2 N–H and O–H groups in total. The summed E-state index contributed by atoms with van der Waals surface area (Å²) in [5, 5.41) is 5.23.